The SMILES string of the molecule is CC(CN)CNC(=O)C1CCCCN1S(=O)(=O)c1ccccc1. The second-order valence-electron chi connectivity index (χ2n) is 6.03. The molecule has 1 amide bonds. The molecule has 2 unspecified atom stereocenters. The molecule has 2 atom stereocenters. The average molecular weight is 339 g/mol. The summed E-state index contributed by atoms with van der Waals surface area (Å²) in [7, 11) is -3.65. The fourth-order valence-electron chi connectivity index (χ4n) is 2.66. The molecule has 1 aromatic rings. The maximum absolute atomic E-state index is 12.8. The van der Waals surface area contributed by atoms with Crippen LogP contribution in [0.3, 0.4) is 0 Å². The predicted molar refractivity (Wildman–Crippen MR) is 89.2 cm³/mol. The van der Waals surface area contributed by atoms with Gasteiger partial charge in [-0.15, -0.1) is 0 Å². The molecule has 1 aromatic carbocycles. The van der Waals surface area contributed by atoms with Crippen molar-refractivity contribution in [1.82, 2.24) is 9.62 Å². The lowest BCUT2D eigenvalue weighted by Gasteiger charge is -2.33. The molecule has 0 bridgehead atoms. The van der Waals surface area contributed by atoms with Crippen LogP contribution in [0.1, 0.15) is 26.2 Å². The summed E-state index contributed by atoms with van der Waals surface area (Å²) < 4.78 is 27.0. The van der Waals surface area contributed by atoms with Gasteiger partial charge in [0.25, 0.3) is 0 Å². The van der Waals surface area contributed by atoms with E-state index in [0.717, 1.165) is 12.8 Å². The molecule has 3 N–H and O–H groups in total. The molecule has 128 valence electrons. The maximum Gasteiger partial charge on any atom is 0.243 e. The molecule has 1 aliphatic heterocycles. The lowest BCUT2D eigenvalue weighted by atomic mass is 10.0. The highest BCUT2D eigenvalue weighted by molar-refractivity contribution is 7.89. The highest BCUT2D eigenvalue weighted by Crippen LogP contribution is 2.25. The van der Waals surface area contributed by atoms with Crippen LogP contribution in [0.4, 0.5) is 0 Å². The molecule has 0 aromatic heterocycles. The summed E-state index contributed by atoms with van der Waals surface area (Å²) in [6.45, 7) is 3.27. The van der Waals surface area contributed by atoms with Gasteiger partial charge >= 0.3 is 0 Å². The number of nitrogens with two attached hydrogens (primary N) is 1. The first-order valence-electron chi connectivity index (χ1n) is 8.01. The standard InChI is InChI=1S/C16H25N3O3S/c1-13(11-17)12-18-16(20)15-9-5-6-10-19(15)23(21,22)14-7-3-2-4-8-14/h2-4,7-8,13,15H,5-6,9-12,17H2,1H3,(H,18,20). The lowest BCUT2D eigenvalue weighted by Crippen LogP contribution is -2.52. The Morgan fingerprint density at radius 1 is 1.35 bits per heavy atom. The van der Waals surface area contributed by atoms with E-state index in [-0.39, 0.29) is 16.7 Å². The van der Waals surface area contributed by atoms with E-state index in [1.807, 2.05) is 6.92 Å². The fourth-order valence-corrected chi connectivity index (χ4v) is 4.34. The molecule has 0 saturated carbocycles. The molecule has 1 fully saturated rings. The van der Waals surface area contributed by atoms with Crippen molar-refractivity contribution in [3.8, 4) is 0 Å². The van der Waals surface area contributed by atoms with Crippen molar-refractivity contribution in [1.29, 1.82) is 0 Å². The molecule has 0 spiro atoms. The molecule has 0 radical (unpaired) electrons. The van der Waals surface area contributed by atoms with Gasteiger partial charge in [-0.3, -0.25) is 4.79 Å². The Balaban J connectivity index is 2.16. The van der Waals surface area contributed by atoms with Crippen molar-refractivity contribution in [3.63, 3.8) is 0 Å². The highest BCUT2D eigenvalue weighted by Gasteiger charge is 2.37. The van der Waals surface area contributed by atoms with Gasteiger partial charge in [-0.05, 0) is 37.4 Å². The summed E-state index contributed by atoms with van der Waals surface area (Å²) in [4.78, 5) is 12.7. The number of carbonyl (C=O) groups is 1. The number of nitrogens with zero attached hydrogens (tertiary/aromatic N) is 1. The van der Waals surface area contributed by atoms with E-state index >= 15 is 0 Å². The number of carbonyl (C=O) groups excluding carboxylic acids is 1. The maximum atomic E-state index is 12.8. The first-order chi connectivity index (χ1) is 11.0. The zero-order chi connectivity index (χ0) is 16.9. The number of amides is 1. The molecule has 1 aliphatic rings. The zero-order valence-corrected chi connectivity index (χ0v) is 14.3. The van der Waals surface area contributed by atoms with Crippen LogP contribution in [0.2, 0.25) is 0 Å². The molecule has 0 aliphatic carbocycles. The van der Waals surface area contributed by atoms with Gasteiger partial charge in [0.15, 0.2) is 0 Å². The molecule has 23 heavy (non-hydrogen) atoms. The number of benzene rings is 1. The van der Waals surface area contributed by atoms with Gasteiger partial charge in [-0.1, -0.05) is 31.5 Å². The number of hydrogen-bond acceptors (Lipinski definition) is 4. The second kappa shape index (κ2) is 7.90. The van der Waals surface area contributed by atoms with Crippen LogP contribution in [0.5, 0.6) is 0 Å². The third-order valence-electron chi connectivity index (χ3n) is 4.13. The number of nitrogens with one attached hydrogen (secondary N) is 1. The molecule has 2 rings (SSSR count). The summed E-state index contributed by atoms with van der Waals surface area (Å²) in [6.07, 6.45) is 2.18. The van der Waals surface area contributed by atoms with Crippen LogP contribution >= 0.6 is 0 Å². The number of piperidine rings is 1. The van der Waals surface area contributed by atoms with Gasteiger partial charge in [0, 0.05) is 13.1 Å². The van der Waals surface area contributed by atoms with Crippen LogP contribution in [0.25, 0.3) is 0 Å². The minimum absolute atomic E-state index is 0.168. The zero-order valence-electron chi connectivity index (χ0n) is 13.4. The average Bonchev–Trinajstić information content (AvgIpc) is 2.60. The first kappa shape index (κ1) is 17.9. The largest absolute Gasteiger partial charge is 0.354 e. The molecule has 6 nitrogen and oxygen atoms in total. The first-order valence-corrected chi connectivity index (χ1v) is 9.45. The monoisotopic (exact) mass is 339 g/mol. The molecular weight excluding hydrogens is 314 g/mol. The Kier molecular flexibility index (Phi) is 6.15. The Morgan fingerprint density at radius 2 is 2.04 bits per heavy atom. The lowest BCUT2D eigenvalue weighted by molar-refractivity contribution is -0.125. The van der Waals surface area contributed by atoms with Gasteiger partial charge in [0.1, 0.15) is 6.04 Å². The topological polar surface area (TPSA) is 92.5 Å². The van der Waals surface area contributed by atoms with Crippen molar-refractivity contribution in [2.75, 3.05) is 19.6 Å². The predicted octanol–water partition coefficient (Wildman–Crippen LogP) is 0.941. The Bertz CT molecular complexity index is 619. The van der Waals surface area contributed by atoms with E-state index in [2.05, 4.69) is 5.32 Å². The summed E-state index contributed by atoms with van der Waals surface area (Å²) in [5.41, 5.74) is 5.55. The molecule has 1 saturated heterocycles. The van der Waals surface area contributed by atoms with Gasteiger partial charge < -0.3 is 11.1 Å². The van der Waals surface area contributed by atoms with E-state index < -0.39 is 16.1 Å². The Labute approximate surface area is 138 Å². The fraction of sp³-hybridized carbons (Fsp3) is 0.562. The van der Waals surface area contributed by atoms with E-state index in [1.54, 1.807) is 30.3 Å². The van der Waals surface area contributed by atoms with Gasteiger partial charge in [-0.25, -0.2) is 8.42 Å². The molecular formula is C16H25N3O3S. The van der Waals surface area contributed by atoms with Crippen LogP contribution in [0, 0.1) is 5.92 Å². The van der Waals surface area contributed by atoms with Crippen molar-refractivity contribution in [2.45, 2.75) is 37.1 Å². The van der Waals surface area contributed by atoms with Crippen molar-refractivity contribution >= 4 is 15.9 Å². The number of sulfonamides is 1. The van der Waals surface area contributed by atoms with Crippen LogP contribution in [0.15, 0.2) is 35.2 Å². The van der Waals surface area contributed by atoms with Crippen LogP contribution in [-0.2, 0) is 14.8 Å². The Morgan fingerprint density at radius 3 is 2.70 bits per heavy atom. The summed E-state index contributed by atoms with van der Waals surface area (Å²) in [6, 6.07) is 7.64. The van der Waals surface area contributed by atoms with Crippen LogP contribution < -0.4 is 11.1 Å². The quantitative estimate of drug-likeness (QED) is 0.807. The third kappa shape index (κ3) is 4.31. The minimum Gasteiger partial charge on any atom is -0.354 e. The van der Waals surface area contributed by atoms with Gasteiger partial charge in [-0.2, -0.15) is 4.31 Å². The van der Waals surface area contributed by atoms with Gasteiger partial charge in [0.2, 0.25) is 15.9 Å². The number of hydrogen-bond donors (Lipinski definition) is 2. The van der Waals surface area contributed by atoms with Crippen molar-refractivity contribution in [3.05, 3.63) is 30.3 Å². The summed E-state index contributed by atoms with van der Waals surface area (Å²) in [5, 5.41) is 2.83. The van der Waals surface area contributed by atoms with E-state index in [9.17, 15) is 13.2 Å². The van der Waals surface area contributed by atoms with E-state index in [0.29, 0.717) is 26.1 Å². The number of rotatable bonds is 6. The van der Waals surface area contributed by atoms with Crippen molar-refractivity contribution < 1.29 is 13.2 Å². The Hall–Kier alpha value is -1.44. The second-order valence-corrected chi connectivity index (χ2v) is 7.92. The molecule has 1 heterocycles. The summed E-state index contributed by atoms with van der Waals surface area (Å²) >= 11 is 0. The normalized spacial score (nSPS) is 20.9. The van der Waals surface area contributed by atoms with Crippen LogP contribution in [-0.4, -0.2) is 44.3 Å². The summed E-state index contributed by atoms with van der Waals surface area (Å²) in [5.74, 6) is -0.0637. The molecule has 7 heteroatoms. The van der Waals surface area contributed by atoms with Crippen molar-refractivity contribution in [2.24, 2.45) is 11.7 Å². The van der Waals surface area contributed by atoms with E-state index in [1.165, 1.54) is 4.31 Å². The van der Waals surface area contributed by atoms with E-state index in [4.69, 9.17) is 5.73 Å². The van der Waals surface area contributed by atoms with Gasteiger partial charge in [0.05, 0.1) is 4.90 Å². The third-order valence-corrected chi connectivity index (χ3v) is 6.06. The highest BCUT2D eigenvalue weighted by atomic mass is 32.2. The smallest absolute Gasteiger partial charge is 0.243 e. The minimum atomic E-state index is -3.65.